The molecule has 6 rings (SSSR count). The van der Waals surface area contributed by atoms with E-state index < -0.39 is 11.9 Å². The van der Waals surface area contributed by atoms with E-state index in [2.05, 4.69) is 20.6 Å². The number of carboxylic acid groups (broad SMARTS) is 2. The average molecular weight is 580 g/mol. The summed E-state index contributed by atoms with van der Waals surface area (Å²) in [5.74, 6) is -2.49. The predicted octanol–water partition coefficient (Wildman–Crippen LogP) is 2.71. The van der Waals surface area contributed by atoms with Crippen LogP contribution in [-0.2, 0) is 19.5 Å². The molecule has 4 aromatic rings. The number of nitrogens with zero attached hydrogens (tertiary/aromatic N) is 2. The topological polar surface area (TPSA) is 130 Å². The largest absolute Gasteiger partial charge is 2.00 e. The molecule has 9 heteroatoms. The minimum absolute atomic E-state index is 0. The molecule has 0 amide bonds. The van der Waals surface area contributed by atoms with E-state index in [0.29, 0.717) is 11.0 Å². The number of piperidine rings is 2. The number of nitrogens with one attached hydrogen (secondary N) is 2. The number of pyridine rings is 2. The molecule has 2 aliphatic heterocycles. The molecule has 0 unspecified atom stereocenters. The van der Waals surface area contributed by atoms with E-state index in [-0.39, 0.29) is 30.9 Å². The number of para-hydroxylation sites is 2. The zero-order valence-corrected chi connectivity index (χ0v) is 25.2. The molecular formula is C30H34N4O4Zn. The Balaban J connectivity index is 0.000000192. The summed E-state index contributed by atoms with van der Waals surface area (Å²) in [5, 5.41) is 29.4. The van der Waals surface area contributed by atoms with Gasteiger partial charge in [0.05, 0.1) is 34.4 Å². The van der Waals surface area contributed by atoms with Crippen molar-refractivity contribution in [3.63, 3.8) is 0 Å². The van der Waals surface area contributed by atoms with Crippen LogP contribution in [0.3, 0.4) is 0 Å². The second-order valence-corrected chi connectivity index (χ2v) is 8.97. The van der Waals surface area contributed by atoms with Crippen LogP contribution < -0.4 is 20.8 Å². The van der Waals surface area contributed by atoms with Gasteiger partial charge in [-0.25, -0.2) is 9.97 Å². The SMILES string of the molecule is C1CCNCC1.C1CCNCC1.O=C([O-])c1ccc2ccccc2n1.O=C([O-])c1ccc2ccccc2n1.[Zn+2]. The fourth-order valence-electron chi connectivity index (χ4n) is 3.96. The van der Waals surface area contributed by atoms with Gasteiger partial charge in [0, 0.05) is 10.8 Å². The standard InChI is InChI=1S/2C10H7NO2.2C5H11N.Zn/c2*12-10(13)9-6-5-7-3-1-2-4-8(7)11-9;2*1-2-4-6-5-3-1;/h2*1-6H,(H,12,13);2*6H,1-5H2;/q;;;;+2/p-2. The quantitative estimate of drug-likeness (QED) is 0.347. The van der Waals surface area contributed by atoms with E-state index in [1.165, 1.54) is 76.8 Å². The summed E-state index contributed by atoms with van der Waals surface area (Å²) >= 11 is 0. The summed E-state index contributed by atoms with van der Waals surface area (Å²) in [6, 6.07) is 21.0. The van der Waals surface area contributed by atoms with E-state index in [1.54, 1.807) is 24.3 Å². The van der Waals surface area contributed by atoms with Crippen molar-refractivity contribution in [3.8, 4) is 0 Å². The van der Waals surface area contributed by atoms with Crippen LogP contribution in [0.15, 0.2) is 72.8 Å². The first-order valence-corrected chi connectivity index (χ1v) is 13.1. The van der Waals surface area contributed by atoms with E-state index in [1.807, 2.05) is 36.4 Å². The Morgan fingerprint density at radius 3 is 1.18 bits per heavy atom. The van der Waals surface area contributed by atoms with Crippen molar-refractivity contribution >= 4 is 33.7 Å². The smallest absolute Gasteiger partial charge is 0.543 e. The average Bonchev–Trinajstić information content (AvgIpc) is 2.99. The fourth-order valence-corrected chi connectivity index (χ4v) is 3.96. The third-order valence-corrected chi connectivity index (χ3v) is 6.03. The maximum absolute atomic E-state index is 10.5. The Kier molecular flexibility index (Phi) is 14.8. The molecule has 2 saturated heterocycles. The van der Waals surface area contributed by atoms with E-state index >= 15 is 0 Å². The molecule has 0 bridgehead atoms. The molecule has 0 spiro atoms. The van der Waals surface area contributed by atoms with Gasteiger partial charge in [-0.3, -0.25) is 0 Å². The van der Waals surface area contributed by atoms with Crippen molar-refractivity contribution in [1.29, 1.82) is 0 Å². The van der Waals surface area contributed by atoms with Gasteiger partial charge < -0.3 is 30.4 Å². The van der Waals surface area contributed by atoms with E-state index in [0.717, 1.165) is 10.8 Å². The van der Waals surface area contributed by atoms with Gasteiger partial charge in [-0.05, 0) is 76.1 Å². The Labute approximate surface area is 242 Å². The molecule has 2 aliphatic rings. The van der Waals surface area contributed by atoms with Crippen molar-refractivity contribution in [1.82, 2.24) is 20.6 Å². The van der Waals surface area contributed by atoms with Gasteiger partial charge in [0.25, 0.3) is 0 Å². The van der Waals surface area contributed by atoms with Crippen LogP contribution in [0.4, 0.5) is 0 Å². The van der Waals surface area contributed by atoms with Crippen molar-refractivity contribution in [3.05, 3.63) is 84.2 Å². The molecule has 0 atom stereocenters. The van der Waals surface area contributed by atoms with Crippen LogP contribution in [0.25, 0.3) is 21.8 Å². The van der Waals surface area contributed by atoms with Crippen molar-refractivity contribution in [2.45, 2.75) is 38.5 Å². The Morgan fingerprint density at radius 1 is 0.538 bits per heavy atom. The minimum atomic E-state index is -1.24. The summed E-state index contributed by atoms with van der Waals surface area (Å²) in [7, 11) is 0. The number of benzene rings is 2. The van der Waals surface area contributed by atoms with Crippen LogP contribution in [0.2, 0.25) is 0 Å². The molecule has 200 valence electrons. The van der Waals surface area contributed by atoms with Gasteiger partial charge in [-0.15, -0.1) is 0 Å². The van der Waals surface area contributed by atoms with Gasteiger partial charge >= 0.3 is 19.5 Å². The number of carbonyl (C=O) groups is 2. The molecule has 39 heavy (non-hydrogen) atoms. The van der Waals surface area contributed by atoms with Crippen LogP contribution in [0.1, 0.15) is 59.5 Å². The second-order valence-electron chi connectivity index (χ2n) is 8.97. The zero-order valence-electron chi connectivity index (χ0n) is 22.2. The molecule has 0 saturated carbocycles. The van der Waals surface area contributed by atoms with Gasteiger partial charge in [-0.1, -0.05) is 61.4 Å². The molecule has 2 fully saturated rings. The maximum Gasteiger partial charge on any atom is 2.00 e. The first-order chi connectivity index (χ1) is 18.5. The number of aromatic nitrogens is 2. The molecule has 0 radical (unpaired) electrons. The number of hydrogen-bond donors (Lipinski definition) is 2. The van der Waals surface area contributed by atoms with Crippen molar-refractivity contribution < 1.29 is 39.3 Å². The molecule has 2 N–H and O–H groups in total. The number of rotatable bonds is 2. The van der Waals surface area contributed by atoms with Crippen LogP contribution in [0.5, 0.6) is 0 Å². The summed E-state index contributed by atoms with van der Waals surface area (Å²) in [5.41, 5.74) is 1.28. The van der Waals surface area contributed by atoms with Gasteiger partial charge in [0.15, 0.2) is 0 Å². The minimum Gasteiger partial charge on any atom is -0.543 e. The first-order valence-electron chi connectivity index (χ1n) is 13.1. The summed E-state index contributed by atoms with van der Waals surface area (Å²) in [6.07, 6.45) is 8.43. The normalized spacial score (nSPS) is 14.2. The van der Waals surface area contributed by atoms with E-state index in [9.17, 15) is 19.8 Å². The molecule has 2 aromatic heterocycles. The Hall–Kier alpha value is -3.26. The molecule has 8 nitrogen and oxygen atoms in total. The molecule has 0 aliphatic carbocycles. The van der Waals surface area contributed by atoms with Crippen LogP contribution in [0, 0.1) is 0 Å². The first kappa shape index (κ1) is 32.0. The molecule has 4 heterocycles. The van der Waals surface area contributed by atoms with Crippen molar-refractivity contribution in [2.75, 3.05) is 26.2 Å². The van der Waals surface area contributed by atoms with Crippen LogP contribution >= 0.6 is 0 Å². The number of fused-ring (bicyclic) bond motifs is 2. The van der Waals surface area contributed by atoms with Gasteiger partial charge in [0.2, 0.25) is 0 Å². The monoisotopic (exact) mass is 578 g/mol. The van der Waals surface area contributed by atoms with Crippen LogP contribution in [-0.4, -0.2) is 48.1 Å². The third-order valence-electron chi connectivity index (χ3n) is 6.03. The van der Waals surface area contributed by atoms with Gasteiger partial charge in [0.1, 0.15) is 0 Å². The number of aromatic carboxylic acids is 2. The molecule has 2 aromatic carbocycles. The molecular weight excluding hydrogens is 546 g/mol. The zero-order chi connectivity index (χ0) is 27.0. The number of carboxylic acids is 2. The van der Waals surface area contributed by atoms with Gasteiger partial charge in [-0.2, -0.15) is 0 Å². The summed E-state index contributed by atoms with van der Waals surface area (Å²) in [6.45, 7) is 5.00. The second kappa shape index (κ2) is 18.1. The maximum atomic E-state index is 10.5. The van der Waals surface area contributed by atoms with E-state index in [4.69, 9.17) is 0 Å². The Bertz CT molecular complexity index is 1190. The third kappa shape index (κ3) is 11.6. The summed E-state index contributed by atoms with van der Waals surface area (Å²) < 4.78 is 0. The Morgan fingerprint density at radius 2 is 0.897 bits per heavy atom. The number of hydrogen-bond acceptors (Lipinski definition) is 8. The van der Waals surface area contributed by atoms with Crippen molar-refractivity contribution in [2.24, 2.45) is 0 Å². The predicted molar refractivity (Wildman–Crippen MR) is 146 cm³/mol. The summed E-state index contributed by atoms with van der Waals surface area (Å²) in [4.78, 5) is 28.8. The fraction of sp³-hybridized carbons (Fsp3) is 0.333. The number of carbonyl (C=O) groups excluding carboxylic acids is 2.